The van der Waals surface area contributed by atoms with E-state index in [2.05, 4.69) is 5.32 Å². The highest BCUT2D eigenvalue weighted by Gasteiger charge is 2.29. The van der Waals surface area contributed by atoms with Crippen molar-refractivity contribution in [3.05, 3.63) is 71.3 Å². The summed E-state index contributed by atoms with van der Waals surface area (Å²) in [5.74, 6) is -1.58. The van der Waals surface area contributed by atoms with Gasteiger partial charge in [0.2, 0.25) is 0 Å². The molecule has 1 aliphatic heterocycles. The lowest BCUT2D eigenvalue weighted by molar-refractivity contribution is -0.695. The van der Waals surface area contributed by atoms with Gasteiger partial charge in [-0.15, -0.1) is 0 Å². The number of benzene rings is 2. The summed E-state index contributed by atoms with van der Waals surface area (Å²) in [6.07, 6.45) is 0.594. The zero-order chi connectivity index (χ0) is 16.2. The van der Waals surface area contributed by atoms with Gasteiger partial charge < -0.3 is 20.5 Å². The molecule has 0 fully saturated rings. The maximum absolute atomic E-state index is 12.5. The predicted molar refractivity (Wildman–Crippen MR) is 81.9 cm³/mol. The molecule has 5 heteroatoms. The summed E-state index contributed by atoms with van der Waals surface area (Å²) >= 11 is 0. The Morgan fingerprint density at radius 2 is 1.70 bits per heavy atom. The van der Waals surface area contributed by atoms with Crippen molar-refractivity contribution < 1.29 is 20.0 Å². The average Bonchev–Trinajstić information content (AvgIpc) is 2.59. The molecule has 118 valence electrons. The summed E-state index contributed by atoms with van der Waals surface area (Å²) in [6.45, 7) is 0.718. The molecule has 3 N–H and O–H groups in total. The van der Waals surface area contributed by atoms with Gasteiger partial charge in [-0.25, -0.2) is 0 Å². The molecule has 23 heavy (non-hydrogen) atoms. The highest BCUT2D eigenvalue weighted by molar-refractivity contribution is 5.86. The lowest BCUT2D eigenvalue weighted by Crippen LogP contribution is -2.93. The summed E-state index contributed by atoms with van der Waals surface area (Å²) < 4.78 is 0. The van der Waals surface area contributed by atoms with E-state index in [-0.39, 0.29) is 11.9 Å². The van der Waals surface area contributed by atoms with Crippen LogP contribution in [0, 0.1) is 0 Å². The summed E-state index contributed by atoms with van der Waals surface area (Å²) in [4.78, 5) is 23.8. The fourth-order valence-corrected chi connectivity index (χ4v) is 2.92. The number of nitrogens with one attached hydrogen (secondary N) is 1. The molecule has 0 bridgehead atoms. The predicted octanol–water partition coefficient (Wildman–Crippen LogP) is -0.718. The minimum absolute atomic E-state index is 0.280. The largest absolute Gasteiger partial charge is 0.548 e. The maximum Gasteiger partial charge on any atom is 0.279 e. The number of carbonyl (C=O) groups is 2. The lowest BCUT2D eigenvalue weighted by Gasteiger charge is -2.25. The van der Waals surface area contributed by atoms with E-state index < -0.39 is 12.0 Å². The lowest BCUT2D eigenvalue weighted by atomic mass is 9.95. The van der Waals surface area contributed by atoms with Crippen LogP contribution in [-0.4, -0.2) is 17.9 Å². The van der Waals surface area contributed by atoms with Gasteiger partial charge in [-0.3, -0.25) is 4.79 Å². The summed E-state index contributed by atoms with van der Waals surface area (Å²) in [5, 5.41) is 15.9. The molecule has 1 heterocycles. The molecule has 2 aromatic rings. The quantitative estimate of drug-likeness (QED) is 0.782. The van der Waals surface area contributed by atoms with Crippen molar-refractivity contribution in [2.45, 2.75) is 25.0 Å². The van der Waals surface area contributed by atoms with Crippen LogP contribution in [0.2, 0.25) is 0 Å². The first-order chi connectivity index (χ1) is 11.1. The van der Waals surface area contributed by atoms with Crippen LogP contribution in [0.3, 0.4) is 0 Å². The molecule has 0 saturated heterocycles. The molecule has 0 aromatic heterocycles. The van der Waals surface area contributed by atoms with E-state index >= 15 is 0 Å². The van der Waals surface area contributed by atoms with Crippen LogP contribution in [0.1, 0.15) is 22.7 Å². The number of hydrogen-bond donors (Lipinski definition) is 2. The van der Waals surface area contributed by atoms with Gasteiger partial charge in [-0.2, -0.15) is 0 Å². The van der Waals surface area contributed by atoms with Gasteiger partial charge in [0, 0.05) is 12.0 Å². The van der Waals surface area contributed by atoms with E-state index in [0.29, 0.717) is 12.0 Å². The van der Waals surface area contributed by atoms with E-state index in [9.17, 15) is 14.7 Å². The van der Waals surface area contributed by atoms with Gasteiger partial charge in [-0.05, 0) is 11.1 Å². The van der Waals surface area contributed by atoms with Crippen LogP contribution in [0.25, 0.3) is 0 Å². The maximum atomic E-state index is 12.5. The Bertz CT molecular complexity index is 715. The standard InChI is InChI=1S/C18H18N2O3/c21-17(15-10-13-8-4-5-9-14(13)11-19-15)20-16(18(22)23)12-6-2-1-3-7-12/h1-9,15-16,19H,10-11H2,(H,20,21)(H,22,23)/t15-,16+/m0/s1. The number of aliphatic carboxylic acids is 1. The molecule has 1 aliphatic rings. The van der Waals surface area contributed by atoms with Crippen molar-refractivity contribution in [2.24, 2.45) is 0 Å². The molecule has 0 saturated carbocycles. The van der Waals surface area contributed by atoms with Crippen LogP contribution in [0.4, 0.5) is 0 Å². The second-order valence-corrected chi connectivity index (χ2v) is 5.69. The molecular weight excluding hydrogens is 292 g/mol. The normalized spacial score (nSPS) is 17.8. The zero-order valence-corrected chi connectivity index (χ0v) is 12.6. The summed E-state index contributed by atoms with van der Waals surface area (Å²) in [7, 11) is 0. The summed E-state index contributed by atoms with van der Waals surface area (Å²) in [5.41, 5.74) is 2.87. The Balaban J connectivity index is 1.72. The van der Waals surface area contributed by atoms with Crippen molar-refractivity contribution >= 4 is 11.9 Å². The number of carboxylic acids is 1. The third-order valence-corrected chi connectivity index (χ3v) is 4.17. The second kappa shape index (κ2) is 6.62. The molecule has 5 nitrogen and oxygen atoms in total. The molecule has 2 atom stereocenters. The van der Waals surface area contributed by atoms with Crippen LogP contribution >= 0.6 is 0 Å². The van der Waals surface area contributed by atoms with Gasteiger partial charge in [0.15, 0.2) is 6.04 Å². The van der Waals surface area contributed by atoms with Crippen molar-refractivity contribution in [2.75, 3.05) is 0 Å². The summed E-state index contributed by atoms with van der Waals surface area (Å²) in [6, 6.07) is 15.1. The highest BCUT2D eigenvalue weighted by Crippen LogP contribution is 2.15. The minimum Gasteiger partial charge on any atom is -0.548 e. The van der Waals surface area contributed by atoms with E-state index in [1.54, 1.807) is 30.3 Å². The minimum atomic E-state index is -1.30. The number of fused-ring (bicyclic) bond motifs is 1. The van der Waals surface area contributed by atoms with Crippen LogP contribution in [0.5, 0.6) is 0 Å². The van der Waals surface area contributed by atoms with Gasteiger partial charge in [0.05, 0.1) is 12.0 Å². The number of carboxylic acid groups (broad SMARTS) is 1. The zero-order valence-electron chi connectivity index (χ0n) is 12.6. The first kappa shape index (κ1) is 15.2. The number of hydrogen-bond acceptors (Lipinski definition) is 3. The smallest absolute Gasteiger partial charge is 0.279 e. The highest BCUT2D eigenvalue weighted by atomic mass is 16.4. The third kappa shape index (κ3) is 3.40. The van der Waals surface area contributed by atoms with E-state index in [1.807, 2.05) is 29.6 Å². The third-order valence-electron chi connectivity index (χ3n) is 4.17. The van der Waals surface area contributed by atoms with Gasteiger partial charge in [-0.1, -0.05) is 54.6 Å². The van der Waals surface area contributed by atoms with Gasteiger partial charge in [0.25, 0.3) is 5.91 Å². The van der Waals surface area contributed by atoms with Crippen molar-refractivity contribution in [1.82, 2.24) is 5.32 Å². The average molecular weight is 310 g/mol. The number of carbonyl (C=O) groups excluding carboxylic acids is 2. The first-order valence-corrected chi connectivity index (χ1v) is 7.61. The molecule has 0 unspecified atom stereocenters. The number of quaternary nitrogens is 1. The topological polar surface area (TPSA) is 85.8 Å². The molecule has 3 rings (SSSR count). The van der Waals surface area contributed by atoms with Crippen molar-refractivity contribution in [1.29, 1.82) is 0 Å². The Hall–Kier alpha value is -2.66. The fourth-order valence-electron chi connectivity index (χ4n) is 2.92. The molecular formula is C18H18N2O3. The van der Waals surface area contributed by atoms with E-state index in [4.69, 9.17) is 0 Å². The van der Waals surface area contributed by atoms with Crippen molar-refractivity contribution in [3.63, 3.8) is 0 Å². The van der Waals surface area contributed by atoms with Gasteiger partial charge in [0.1, 0.15) is 6.54 Å². The van der Waals surface area contributed by atoms with Crippen LogP contribution < -0.4 is 15.7 Å². The number of amides is 1. The molecule has 0 spiro atoms. The Morgan fingerprint density at radius 1 is 1.04 bits per heavy atom. The van der Waals surface area contributed by atoms with E-state index in [1.165, 1.54) is 5.56 Å². The van der Waals surface area contributed by atoms with Gasteiger partial charge >= 0.3 is 0 Å². The van der Waals surface area contributed by atoms with Crippen LogP contribution in [-0.2, 0) is 22.6 Å². The number of nitrogens with two attached hydrogens (primary N) is 1. The first-order valence-electron chi connectivity index (χ1n) is 7.61. The Labute approximate surface area is 134 Å². The monoisotopic (exact) mass is 310 g/mol. The molecule has 2 aromatic carbocycles. The molecule has 0 aliphatic carbocycles. The second-order valence-electron chi connectivity index (χ2n) is 5.69. The van der Waals surface area contributed by atoms with Crippen LogP contribution in [0.15, 0.2) is 54.6 Å². The Morgan fingerprint density at radius 3 is 2.39 bits per heavy atom. The molecule has 1 amide bonds. The number of rotatable bonds is 4. The fraction of sp³-hybridized carbons (Fsp3) is 0.222. The van der Waals surface area contributed by atoms with E-state index in [0.717, 1.165) is 12.1 Å². The SMILES string of the molecule is O=C(N[C@@H](C(=O)[O-])c1ccccc1)[C@@H]1Cc2ccccc2C[NH2+]1. The molecule has 0 radical (unpaired) electrons. The van der Waals surface area contributed by atoms with Crippen molar-refractivity contribution in [3.8, 4) is 0 Å². The Kier molecular flexibility index (Phi) is 4.39.